The monoisotopic (exact) mass is 500 g/mol. The number of aromatic amines is 1. The summed E-state index contributed by atoms with van der Waals surface area (Å²) in [5.41, 5.74) is 10.4. The highest BCUT2D eigenvalue weighted by atomic mass is 19.1. The number of nitrogens with two attached hydrogens (primary N) is 1. The van der Waals surface area contributed by atoms with Gasteiger partial charge in [-0.1, -0.05) is 6.07 Å². The molecule has 0 saturated carbocycles. The third-order valence-corrected chi connectivity index (χ3v) is 7.14. The molecule has 0 spiro atoms. The van der Waals surface area contributed by atoms with Crippen LogP contribution >= 0.6 is 0 Å². The van der Waals surface area contributed by atoms with Gasteiger partial charge >= 0.3 is 0 Å². The van der Waals surface area contributed by atoms with Crippen LogP contribution in [0.1, 0.15) is 62.9 Å². The Morgan fingerprint density at radius 1 is 1.24 bits per heavy atom. The number of pyridine rings is 2. The Morgan fingerprint density at radius 2 is 2.03 bits per heavy atom. The number of carbonyl (C=O) groups is 1. The van der Waals surface area contributed by atoms with Crippen LogP contribution in [0.2, 0.25) is 0 Å². The summed E-state index contributed by atoms with van der Waals surface area (Å²) in [5, 5.41) is 9.08. The van der Waals surface area contributed by atoms with Crippen molar-refractivity contribution in [2.45, 2.75) is 45.1 Å². The number of nitrogens with zero attached hydrogens (tertiary/aromatic N) is 4. The summed E-state index contributed by atoms with van der Waals surface area (Å²) in [7, 11) is 0. The first-order chi connectivity index (χ1) is 17.9. The third kappa shape index (κ3) is 3.88. The number of benzene rings is 1. The molecule has 10 heteroatoms. The van der Waals surface area contributed by atoms with Gasteiger partial charge in [0.25, 0.3) is 5.91 Å². The number of aryl methyl sites for hydroxylation is 1. The minimum atomic E-state index is -0.882. The number of halogens is 2. The second kappa shape index (κ2) is 8.94. The molecule has 1 aliphatic carbocycles. The summed E-state index contributed by atoms with van der Waals surface area (Å²) < 4.78 is 35.4. The summed E-state index contributed by atoms with van der Waals surface area (Å²) >= 11 is 0. The van der Waals surface area contributed by atoms with E-state index in [4.69, 9.17) is 15.7 Å². The SMILES string of the molecule is N#Cc1cc(F)c(CN(C(=O)c2cc3nc(N)c4c(c3[nH]2)COC4)[C@@H]2CCCc3cccnc32)c(F)c1. The van der Waals surface area contributed by atoms with Gasteiger partial charge < -0.3 is 20.4 Å². The quantitative estimate of drug-likeness (QED) is 0.427. The number of rotatable bonds is 4. The minimum Gasteiger partial charge on any atom is -0.383 e. The molecule has 4 heterocycles. The number of fused-ring (bicyclic) bond motifs is 4. The molecule has 2 aliphatic rings. The Morgan fingerprint density at radius 3 is 2.81 bits per heavy atom. The normalized spacial score (nSPS) is 16.3. The Labute approximate surface area is 210 Å². The fourth-order valence-corrected chi connectivity index (χ4v) is 5.31. The fraction of sp³-hybridized carbons (Fsp3) is 0.259. The van der Waals surface area contributed by atoms with Gasteiger partial charge in [0.2, 0.25) is 0 Å². The number of hydrogen-bond acceptors (Lipinski definition) is 6. The highest BCUT2D eigenvalue weighted by Crippen LogP contribution is 2.36. The molecule has 3 N–H and O–H groups in total. The molecule has 0 fully saturated rings. The van der Waals surface area contributed by atoms with Crippen LogP contribution in [0.15, 0.2) is 36.5 Å². The van der Waals surface area contributed by atoms with Gasteiger partial charge in [0.1, 0.15) is 23.1 Å². The van der Waals surface area contributed by atoms with E-state index in [1.165, 1.54) is 4.90 Å². The van der Waals surface area contributed by atoms with Gasteiger partial charge in [-0.2, -0.15) is 5.26 Å². The highest BCUT2D eigenvalue weighted by Gasteiger charge is 2.34. The molecule has 8 nitrogen and oxygen atoms in total. The zero-order chi connectivity index (χ0) is 25.7. The summed E-state index contributed by atoms with van der Waals surface area (Å²) in [5.74, 6) is -1.86. The van der Waals surface area contributed by atoms with Crippen molar-refractivity contribution in [1.29, 1.82) is 5.26 Å². The number of aromatic nitrogens is 3. The van der Waals surface area contributed by atoms with Crippen LogP contribution in [0.3, 0.4) is 0 Å². The number of ether oxygens (including phenoxy) is 1. The predicted molar refractivity (Wildman–Crippen MR) is 130 cm³/mol. The maximum atomic E-state index is 15.0. The topological polar surface area (TPSA) is 121 Å². The Hall–Kier alpha value is -4.36. The van der Waals surface area contributed by atoms with E-state index in [2.05, 4.69) is 15.0 Å². The molecule has 1 aromatic carbocycles. The first-order valence-corrected chi connectivity index (χ1v) is 11.9. The van der Waals surface area contributed by atoms with Crippen molar-refractivity contribution >= 4 is 22.8 Å². The molecule has 186 valence electrons. The number of hydrogen-bond donors (Lipinski definition) is 2. The van der Waals surface area contributed by atoms with Gasteiger partial charge in [0.15, 0.2) is 0 Å². The van der Waals surface area contributed by atoms with Gasteiger partial charge in [-0.25, -0.2) is 13.8 Å². The number of H-pyrrole nitrogens is 1. The average molecular weight is 501 g/mol. The zero-order valence-electron chi connectivity index (χ0n) is 19.7. The summed E-state index contributed by atoms with van der Waals surface area (Å²) in [4.78, 5) is 27.6. The number of anilines is 1. The van der Waals surface area contributed by atoms with E-state index in [-0.39, 0.29) is 23.4 Å². The van der Waals surface area contributed by atoms with E-state index in [1.807, 2.05) is 12.1 Å². The van der Waals surface area contributed by atoms with Crippen LogP contribution < -0.4 is 5.73 Å². The van der Waals surface area contributed by atoms with Gasteiger partial charge in [0, 0.05) is 22.9 Å². The molecular weight excluding hydrogens is 478 g/mol. The lowest BCUT2D eigenvalue weighted by atomic mass is 9.90. The van der Waals surface area contributed by atoms with Crippen molar-refractivity contribution in [2.24, 2.45) is 0 Å². The van der Waals surface area contributed by atoms with Crippen LogP contribution in [0, 0.1) is 23.0 Å². The second-order valence-corrected chi connectivity index (χ2v) is 9.31. The van der Waals surface area contributed by atoms with E-state index < -0.39 is 23.6 Å². The smallest absolute Gasteiger partial charge is 0.271 e. The molecule has 4 aromatic rings. The number of nitriles is 1. The molecule has 0 saturated heterocycles. The van der Waals surface area contributed by atoms with Crippen molar-refractivity contribution in [3.8, 4) is 6.07 Å². The van der Waals surface area contributed by atoms with Crippen molar-refractivity contribution in [1.82, 2.24) is 19.9 Å². The Bertz CT molecular complexity index is 1590. The predicted octanol–water partition coefficient (Wildman–Crippen LogP) is 4.44. The lowest BCUT2D eigenvalue weighted by Crippen LogP contribution is -2.37. The molecule has 1 aliphatic heterocycles. The second-order valence-electron chi connectivity index (χ2n) is 9.31. The van der Waals surface area contributed by atoms with Crippen LogP contribution in [0.5, 0.6) is 0 Å². The zero-order valence-corrected chi connectivity index (χ0v) is 19.7. The molecule has 37 heavy (non-hydrogen) atoms. The van der Waals surface area contributed by atoms with E-state index in [0.717, 1.165) is 41.7 Å². The molecular formula is C27H22F2N6O2. The number of nitrogen functional groups attached to an aromatic ring is 1. The Balaban J connectivity index is 1.46. The number of nitrogens with one attached hydrogen (secondary N) is 1. The van der Waals surface area contributed by atoms with Crippen LogP contribution in [-0.4, -0.2) is 25.8 Å². The Kier molecular flexibility index (Phi) is 5.57. The molecule has 0 unspecified atom stereocenters. The van der Waals surface area contributed by atoms with Crippen LogP contribution in [0.25, 0.3) is 11.0 Å². The standard InChI is InChI=1S/C27H22F2N6O2/c28-19-7-14(10-30)8-20(29)16(19)11-35(23-5-1-3-15-4-2-6-32-24(15)23)27(36)22-9-21-25(33-22)17-12-37-13-18(17)26(31)34-21/h2,4,6-9,23,33H,1,3,5,11-13H2,(H2,31,34)/t23-/m1/s1. The molecule has 1 atom stereocenters. The number of carbonyl (C=O) groups excluding carboxylic acids is 1. The average Bonchev–Trinajstić information content (AvgIpc) is 3.55. The van der Waals surface area contributed by atoms with E-state index >= 15 is 0 Å². The van der Waals surface area contributed by atoms with Gasteiger partial charge in [0.05, 0.1) is 54.2 Å². The van der Waals surface area contributed by atoms with Gasteiger partial charge in [-0.05, 0) is 49.1 Å². The maximum absolute atomic E-state index is 15.0. The summed E-state index contributed by atoms with van der Waals surface area (Å²) in [6, 6.07) is 8.61. The van der Waals surface area contributed by atoms with E-state index in [9.17, 15) is 13.6 Å². The highest BCUT2D eigenvalue weighted by molar-refractivity contribution is 5.98. The first-order valence-electron chi connectivity index (χ1n) is 11.9. The minimum absolute atomic E-state index is 0.128. The number of amides is 1. The molecule has 0 bridgehead atoms. The molecule has 1 amide bonds. The first kappa shape index (κ1) is 23.1. The van der Waals surface area contributed by atoms with E-state index in [0.29, 0.717) is 42.2 Å². The van der Waals surface area contributed by atoms with Crippen molar-refractivity contribution in [3.63, 3.8) is 0 Å². The third-order valence-electron chi connectivity index (χ3n) is 7.14. The lowest BCUT2D eigenvalue weighted by Gasteiger charge is -2.35. The summed E-state index contributed by atoms with van der Waals surface area (Å²) in [6.45, 7) is 0.355. The molecule has 3 aromatic heterocycles. The molecule has 0 radical (unpaired) electrons. The lowest BCUT2D eigenvalue weighted by molar-refractivity contribution is 0.0623. The van der Waals surface area contributed by atoms with Crippen molar-refractivity contribution in [2.75, 3.05) is 5.73 Å². The fourth-order valence-electron chi connectivity index (χ4n) is 5.31. The van der Waals surface area contributed by atoms with Gasteiger partial charge in [-0.3, -0.25) is 9.78 Å². The van der Waals surface area contributed by atoms with Crippen LogP contribution in [0.4, 0.5) is 14.6 Å². The van der Waals surface area contributed by atoms with Crippen LogP contribution in [-0.2, 0) is 30.9 Å². The van der Waals surface area contributed by atoms with Crippen molar-refractivity contribution in [3.05, 3.63) is 87.4 Å². The maximum Gasteiger partial charge on any atom is 0.271 e. The molecule has 6 rings (SSSR count). The van der Waals surface area contributed by atoms with Crippen molar-refractivity contribution < 1.29 is 18.3 Å². The largest absolute Gasteiger partial charge is 0.383 e. The van der Waals surface area contributed by atoms with Gasteiger partial charge in [-0.15, -0.1) is 0 Å². The summed E-state index contributed by atoms with van der Waals surface area (Å²) in [6.07, 6.45) is 3.84. The van der Waals surface area contributed by atoms with E-state index in [1.54, 1.807) is 18.3 Å².